The fraction of sp³-hybridized carbons (Fsp3) is 0.268. The van der Waals surface area contributed by atoms with E-state index in [1.165, 1.54) is 4.90 Å². The fourth-order valence-electron chi connectivity index (χ4n) is 8.96. The third kappa shape index (κ3) is 4.50. The molecule has 49 heavy (non-hydrogen) atoms. The van der Waals surface area contributed by atoms with Gasteiger partial charge < -0.3 is 5.11 Å². The van der Waals surface area contributed by atoms with Gasteiger partial charge in [-0.05, 0) is 73.6 Å². The van der Waals surface area contributed by atoms with Crippen LogP contribution in [0.3, 0.4) is 0 Å². The van der Waals surface area contributed by atoms with E-state index in [0.29, 0.717) is 28.9 Å². The van der Waals surface area contributed by atoms with Crippen LogP contribution in [0.4, 0.5) is 11.4 Å². The lowest BCUT2D eigenvalue weighted by molar-refractivity contribution is -0.138. The van der Waals surface area contributed by atoms with E-state index >= 15 is 4.79 Å². The van der Waals surface area contributed by atoms with E-state index in [4.69, 9.17) is 0 Å². The van der Waals surface area contributed by atoms with Crippen molar-refractivity contribution >= 4 is 35.0 Å². The number of amides is 4. The second-order valence-electron chi connectivity index (χ2n) is 13.7. The van der Waals surface area contributed by atoms with E-state index in [1.807, 2.05) is 97.9 Å². The van der Waals surface area contributed by atoms with Crippen LogP contribution in [-0.4, -0.2) is 33.7 Å². The molecule has 0 bridgehead atoms. The Kier molecular flexibility index (Phi) is 7.28. The lowest BCUT2D eigenvalue weighted by Gasteiger charge is -2.50. The standard InChI is InChI=1S/C41H37N3O5/c1-3-25-15-19-28(20-16-25)43-37(46)31-22-21-29-32(35(31)39(43)48)23-33-38(47)44(42-27-17-13-24(2)14-18-27)40(49)41(33,26-9-5-4-6-10-26)36(29)30-11-7-8-12-34(30)45/h4-21,31-33,35-36,42,45H,3,22-23H2,1-2H3/t31-,32+,33-,35-,36+,41+/m0/s1. The average molecular weight is 652 g/mol. The highest BCUT2D eigenvalue weighted by Crippen LogP contribution is 2.64. The molecule has 0 aromatic heterocycles. The molecule has 3 fully saturated rings. The Labute approximate surface area is 285 Å². The monoisotopic (exact) mass is 651 g/mol. The number of anilines is 2. The third-order valence-corrected chi connectivity index (χ3v) is 11.2. The van der Waals surface area contributed by atoms with E-state index in [-0.39, 0.29) is 24.0 Å². The summed E-state index contributed by atoms with van der Waals surface area (Å²) in [6.45, 7) is 4.01. The summed E-state index contributed by atoms with van der Waals surface area (Å²) in [5.41, 5.74) is 6.93. The van der Waals surface area contributed by atoms with Crippen molar-refractivity contribution in [3.8, 4) is 5.75 Å². The van der Waals surface area contributed by atoms with Crippen LogP contribution >= 0.6 is 0 Å². The second-order valence-corrected chi connectivity index (χ2v) is 13.7. The van der Waals surface area contributed by atoms with Gasteiger partial charge in [-0.3, -0.25) is 29.5 Å². The molecule has 246 valence electrons. The van der Waals surface area contributed by atoms with Crippen LogP contribution in [-0.2, 0) is 31.0 Å². The number of carbonyl (C=O) groups excluding carboxylic acids is 4. The molecule has 2 saturated heterocycles. The first kappa shape index (κ1) is 30.8. The molecule has 4 amide bonds. The number of aryl methyl sites for hydroxylation is 2. The van der Waals surface area contributed by atoms with Crippen LogP contribution in [0.25, 0.3) is 0 Å². The summed E-state index contributed by atoms with van der Waals surface area (Å²) in [5.74, 6) is -4.81. The lowest BCUT2D eigenvalue weighted by Crippen LogP contribution is -2.53. The number of hydrogen-bond acceptors (Lipinski definition) is 6. The molecular weight excluding hydrogens is 614 g/mol. The number of hydrazine groups is 1. The molecule has 0 spiro atoms. The summed E-state index contributed by atoms with van der Waals surface area (Å²) in [6.07, 6.45) is 3.36. The predicted octanol–water partition coefficient (Wildman–Crippen LogP) is 6.45. The molecule has 1 saturated carbocycles. The number of nitrogens with zero attached hydrogens (tertiary/aromatic N) is 2. The van der Waals surface area contributed by atoms with Gasteiger partial charge in [0.2, 0.25) is 11.8 Å². The third-order valence-electron chi connectivity index (χ3n) is 11.2. The van der Waals surface area contributed by atoms with E-state index < -0.39 is 46.8 Å². The van der Waals surface area contributed by atoms with Crippen molar-refractivity contribution in [1.82, 2.24) is 5.01 Å². The summed E-state index contributed by atoms with van der Waals surface area (Å²) in [5, 5.41) is 12.6. The average Bonchev–Trinajstić information content (AvgIpc) is 3.50. The van der Waals surface area contributed by atoms with E-state index in [1.54, 1.807) is 18.2 Å². The smallest absolute Gasteiger partial charge is 0.260 e. The number of rotatable bonds is 6. The molecule has 8 rings (SSSR count). The number of hydrogen-bond donors (Lipinski definition) is 2. The summed E-state index contributed by atoms with van der Waals surface area (Å²) in [6, 6.07) is 31.2. The van der Waals surface area contributed by atoms with Gasteiger partial charge in [0.25, 0.3) is 11.8 Å². The van der Waals surface area contributed by atoms with Crippen molar-refractivity contribution in [3.05, 3.63) is 137 Å². The minimum absolute atomic E-state index is 0.00175. The normalized spacial score (nSPS) is 27.5. The fourth-order valence-corrected chi connectivity index (χ4v) is 8.96. The van der Waals surface area contributed by atoms with Gasteiger partial charge >= 0.3 is 0 Å². The minimum atomic E-state index is -1.43. The maximum absolute atomic E-state index is 15.2. The molecule has 4 aromatic rings. The number of phenols is 1. The molecule has 0 radical (unpaired) electrons. The molecule has 2 N–H and O–H groups in total. The van der Waals surface area contributed by atoms with Gasteiger partial charge in [0, 0.05) is 11.5 Å². The Morgan fingerprint density at radius 1 is 0.796 bits per heavy atom. The zero-order valence-electron chi connectivity index (χ0n) is 27.4. The van der Waals surface area contributed by atoms with Crippen molar-refractivity contribution < 1.29 is 24.3 Å². The molecule has 4 aromatic carbocycles. The lowest BCUT2D eigenvalue weighted by atomic mass is 9.49. The Morgan fingerprint density at radius 3 is 2.18 bits per heavy atom. The van der Waals surface area contributed by atoms with Gasteiger partial charge in [-0.2, -0.15) is 5.01 Å². The van der Waals surface area contributed by atoms with Gasteiger partial charge in [-0.25, -0.2) is 0 Å². The highest BCUT2D eigenvalue weighted by atomic mass is 16.3. The van der Waals surface area contributed by atoms with Crippen LogP contribution < -0.4 is 10.3 Å². The van der Waals surface area contributed by atoms with Crippen LogP contribution in [0.5, 0.6) is 5.75 Å². The number of para-hydroxylation sites is 1. The topological polar surface area (TPSA) is 107 Å². The van der Waals surface area contributed by atoms with E-state index in [9.17, 15) is 19.5 Å². The highest BCUT2D eigenvalue weighted by molar-refractivity contribution is 6.22. The minimum Gasteiger partial charge on any atom is -0.508 e. The quantitative estimate of drug-likeness (QED) is 0.183. The molecule has 6 atom stereocenters. The first-order chi connectivity index (χ1) is 23.7. The van der Waals surface area contributed by atoms with Crippen molar-refractivity contribution in [3.63, 3.8) is 0 Å². The zero-order chi connectivity index (χ0) is 34.0. The molecule has 4 aliphatic rings. The van der Waals surface area contributed by atoms with E-state index in [2.05, 4.69) is 12.3 Å². The second kappa shape index (κ2) is 11.6. The molecule has 2 aliphatic carbocycles. The van der Waals surface area contributed by atoms with Crippen molar-refractivity contribution in [2.75, 3.05) is 10.3 Å². The van der Waals surface area contributed by atoms with Crippen LogP contribution in [0, 0.1) is 30.6 Å². The highest BCUT2D eigenvalue weighted by Gasteiger charge is 2.70. The number of allylic oxidation sites excluding steroid dienone is 2. The van der Waals surface area contributed by atoms with E-state index in [0.717, 1.165) is 28.1 Å². The van der Waals surface area contributed by atoms with Gasteiger partial charge in [-0.1, -0.05) is 96.9 Å². The number of carbonyl (C=O) groups is 4. The number of nitrogens with one attached hydrogen (secondary N) is 1. The van der Waals surface area contributed by atoms with Crippen molar-refractivity contribution in [2.24, 2.45) is 23.7 Å². The molecule has 8 nitrogen and oxygen atoms in total. The van der Waals surface area contributed by atoms with Gasteiger partial charge in [0.1, 0.15) is 5.75 Å². The van der Waals surface area contributed by atoms with Crippen LogP contribution in [0.15, 0.2) is 115 Å². The number of fused-ring (bicyclic) bond motifs is 4. The molecule has 8 heteroatoms. The molecule has 0 unspecified atom stereocenters. The van der Waals surface area contributed by atoms with Gasteiger partial charge in [0.15, 0.2) is 0 Å². The Bertz CT molecular complexity index is 2020. The Balaban J connectivity index is 1.30. The first-order valence-electron chi connectivity index (χ1n) is 17.0. The maximum atomic E-state index is 15.2. The number of imide groups is 2. The van der Waals surface area contributed by atoms with Crippen LogP contribution in [0.1, 0.15) is 47.9 Å². The molecular formula is C41H37N3O5. The Morgan fingerprint density at radius 2 is 1.49 bits per heavy atom. The SMILES string of the molecule is CCc1ccc(N2C(=O)[C@H]3[C@H](CC=C4[C@H]3C[C@H]3C(=O)N(Nc5ccc(C)cc5)C(=O)[C@@]3(c3ccccc3)[C@H]4c3ccccc3O)C2=O)cc1. The maximum Gasteiger partial charge on any atom is 0.260 e. The molecule has 2 aliphatic heterocycles. The van der Waals surface area contributed by atoms with Gasteiger partial charge in [0.05, 0.1) is 34.5 Å². The van der Waals surface area contributed by atoms with Crippen molar-refractivity contribution in [2.45, 2.75) is 44.4 Å². The summed E-state index contributed by atoms with van der Waals surface area (Å²) in [4.78, 5) is 59.6. The summed E-state index contributed by atoms with van der Waals surface area (Å²) >= 11 is 0. The number of phenolic OH excluding ortho intramolecular Hbond substituents is 1. The number of benzene rings is 4. The summed E-state index contributed by atoms with van der Waals surface area (Å²) < 4.78 is 0. The predicted molar refractivity (Wildman–Crippen MR) is 185 cm³/mol. The summed E-state index contributed by atoms with van der Waals surface area (Å²) in [7, 11) is 0. The zero-order valence-corrected chi connectivity index (χ0v) is 27.4. The number of aromatic hydroxyl groups is 1. The van der Waals surface area contributed by atoms with Crippen LogP contribution in [0.2, 0.25) is 0 Å². The first-order valence-corrected chi connectivity index (χ1v) is 17.0. The molecule has 2 heterocycles. The largest absolute Gasteiger partial charge is 0.508 e. The Hall–Kier alpha value is -5.50. The van der Waals surface area contributed by atoms with Crippen molar-refractivity contribution in [1.29, 1.82) is 0 Å². The van der Waals surface area contributed by atoms with Gasteiger partial charge in [-0.15, -0.1) is 0 Å².